The fourth-order valence-corrected chi connectivity index (χ4v) is 1.56. The highest BCUT2D eigenvalue weighted by Gasteiger charge is 2.31. The lowest BCUT2D eigenvalue weighted by Gasteiger charge is -2.17. The maximum absolute atomic E-state index is 12.2. The average Bonchev–Trinajstić information content (AvgIpc) is 2.27. The molecule has 0 amide bonds. The predicted octanol–water partition coefficient (Wildman–Crippen LogP) is 3.47. The van der Waals surface area contributed by atoms with Gasteiger partial charge in [-0.05, 0) is 24.6 Å². The molecule has 1 aromatic carbocycles. The Bertz CT molecular complexity index is 399. The first-order chi connectivity index (χ1) is 8.37. The van der Waals surface area contributed by atoms with Crippen molar-refractivity contribution in [2.45, 2.75) is 25.6 Å². The number of alkyl halides is 3. The average molecular weight is 300 g/mol. The van der Waals surface area contributed by atoms with Gasteiger partial charge in [-0.15, -0.1) is 12.4 Å². The van der Waals surface area contributed by atoms with Gasteiger partial charge in [0.2, 0.25) is 0 Å². The molecule has 1 aromatic rings. The third-order valence-corrected chi connectivity index (χ3v) is 2.37. The molecule has 1 atom stereocenters. The van der Waals surface area contributed by atoms with Crippen molar-refractivity contribution in [3.8, 4) is 11.5 Å². The van der Waals surface area contributed by atoms with Gasteiger partial charge in [-0.1, -0.05) is 6.07 Å². The Hall–Kier alpha value is -1.14. The zero-order valence-corrected chi connectivity index (χ0v) is 11.5. The van der Waals surface area contributed by atoms with E-state index in [0.29, 0.717) is 23.7 Å². The Morgan fingerprint density at radius 2 is 1.89 bits per heavy atom. The van der Waals surface area contributed by atoms with Crippen molar-refractivity contribution in [3.63, 3.8) is 0 Å². The SMILES string of the molecule is CCOc1cc([C@H](N)CC(F)(F)F)ccc1OC.Cl. The first kappa shape index (κ1) is 17.9. The minimum Gasteiger partial charge on any atom is -0.493 e. The van der Waals surface area contributed by atoms with E-state index in [9.17, 15) is 13.2 Å². The third-order valence-electron chi connectivity index (χ3n) is 2.37. The second-order valence-corrected chi connectivity index (χ2v) is 3.77. The highest BCUT2D eigenvalue weighted by Crippen LogP contribution is 2.33. The number of halogens is 4. The second kappa shape index (κ2) is 7.45. The van der Waals surface area contributed by atoms with Crippen molar-refractivity contribution in [1.82, 2.24) is 0 Å². The summed E-state index contributed by atoms with van der Waals surface area (Å²) in [5.74, 6) is 0.870. The fourth-order valence-electron chi connectivity index (χ4n) is 1.56. The van der Waals surface area contributed by atoms with Crippen molar-refractivity contribution >= 4 is 12.4 Å². The monoisotopic (exact) mass is 299 g/mol. The van der Waals surface area contributed by atoms with Gasteiger partial charge in [-0.25, -0.2) is 0 Å². The highest BCUT2D eigenvalue weighted by atomic mass is 35.5. The molecular formula is C12H17ClF3NO2. The van der Waals surface area contributed by atoms with Crippen LogP contribution in [0.4, 0.5) is 13.2 Å². The number of methoxy groups -OCH3 is 1. The quantitative estimate of drug-likeness (QED) is 0.905. The van der Waals surface area contributed by atoms with Crippen LogP contribution in [-0.2, 0) is 0 Å². The summed E-state index contributed by atoms with van der Waals surface area (Å²) in [4.78, 5) is 0. The Labute approximate surface area is 116 Å². The molecule has 0 bridgehead atoms. The van der Waals surface area contributed by atoms with Crippen LogP contribution in [-0.4, -0.2) is 19.9 Å². The van der Waals surface area contributed by atoms with Crippen molar-refractivity contribution < 1.29 is 22.6 Å². The lowest BCUT2D eigenvalue weighted by Crippen LogP contribution is -2.20. The molecule has 0 aliphatic heterocycles. The zero-order chi connectivity index (χ0) is 13.8. The van der Waals surface area contributed by atoms with Crippen LogP contribution in [0.25, 0.3) is 0 Å². The summed E-state index contributed by atoms with van der Waals surface area (Å²) in [5, 5.41) is 0. The maximum Gasteiger partial charge on any atom is 0.390 e. The lowest BCUT2D eigenvalue weighted by molar-refractivity contribution is -0.138. The van der Waals surface area contributed by atoms with E-state index in [-0.39, 0.29) is 12.4 Å². The first-order valence-corrected chi connectivity index (χ1v) is 5.50. The molecule has 0 heterocycles. The Morgan fingerprint density at radius 1 is 1.26 bits per heavy atom. The molecular weight excluding hydrogens is 283 g/mol. The van der Waals surface area contributed by atoms with Crippen LogP contribution < -0.4 is 15.2 Å². The van der Waals surface area contributed by atoms with Gasteiger partial charge in [-0.3, -0.25) is 0 Å². The standard InChI is InChI=1S/C12H16F3NO2.ClH/c1-3-18-11-6-8(4-5-10(11)17-2)9(16)7-12(13,14)15;/h4-6,9H,3,7,16H2,1-2H3;1H/t9-;/m1./s1. The normalized spacial score (nSPS) is 12.5. The molecule has 7 heteroatoms. The second-order valence-electron chi connectivity index (χ2n) is 3.77. The summed E-state index contributed by atoms with van der Waals surface area (Å²) in [5.41, 5.74) is 5.89. The molecule has 19 heavy (non-hydrogen) atoms. The minimum absolute atomic E-state index is 0. The van der Waals surface area contributed by atoms with Crippen molar-refractivity contribution in [2.24, 2.45) is 5.73 Å². The molecule has 1 rings (SSSR count). The van der Waals surface area contributed by atoms with E-state index < -0.39 is 18.6 Å². The summed E-state index contributed by atoms with van der Waals surface area (Å²) in [7, 11) is 1.47. The largest absolute Gasteiger partial charge is 0.493 e. The molecule has 0 aromatic heterocycles. The topological polar surface area (TPSA) is 44.5 Å². The third kappa shape index (κ3) is 5.57. The van der Waals surface area contributed by atoms with Crippen LogP contribution in [0.15, 0.2) is 18.2 Å². The van der Waals surface area contributed by atoms with Crippen LogP contribution in [0.3, 0.4) is 0 Å². The van der Waals surface area contributed by atoms with Crippen molar-refractivity contribution in [2.75, 3.05) is 13.7 Å². The summed E-state index contributed by atoms with van der Waals surface area (Å²) < 4.78 is 47.1. The van der Waals surface area contributed by atoms with Gasteiger partial charge in [-0.2, -0.15) is 13.2 Å². The van der Waals surface area contributed by atoms with Gasteiger partial charge in [0.1, 0.15) is 0 Å². The number of ether oxygens (including phenoxy) is 2. The van der Waals surface area contributed by atoms with Gasteiger partial charge in [0.05, 0.1) is 20.1 Å². The highest BCUT2D eigenvalue weighted by molar-refractivity contribution is 5.85. The minimum atomic E-state index is -4.29. The number of nitrogens with two attached hydrogens (primary N) is 1. The smallest absolute Gasteiger partial charge is 0.390 e. The summed E-state index contributed by atoms with van der Waals surface area (Å²) in [6.45, 7) is 2.18. The summed E-state index contributed by atoms with van der Waals surface area (Å²) in [6, 6.07) is 3.45. The van der Waals surface area contributed by atoms with Crippen LogP contribution in [0.1, 0.15) is 24.9 Å². The van der Waals surface area contributed by atoms with Crippen molar-refractivity contribution in [3.05, 3.63) is 23.8 Å². The van der Waals surface area contributed by atoms with E-state index in [1.807, 2.05) is 0 Å². The Kier molecular flexibility index (Phi) is 7.00. The molecule has 3 nitrogen and oxygen atoms in total. The number of hydrogen-bond acceptors (Lipinski definition) is 3. The van der Waals surface area contributed by atoms with Gasteiger partial charge in [0.15, 0.2) is 11.5 Å². The van der Waals surface area contributed by atoms with Crippen LogP contribution >= 0.6 is 12.4 Å². The fraction of sp³-hybridized carbons (Fsp3) is 0.500. The summed E-state index contributed by atoms with van der Waals surface area (Å²) >= 11 is 0. The molecule has 0 aliphatic rings. The number of hydrogen-bond donors (Lipinski definition) is 1. The van der Waals surface area contributed by atoms with E-state index in [1.54, 1.807) is 13.0 Å². The molecule has 0 saturated heterocycles. The van der Waals surface area contributed by atoms with Crippen LogP contribution in [0.5, 0.6) is 11.5 Å². The van der Waals surface area contributed by atoms with Crippen molar-refractivity contribution in [1.29, 1.82) is 0 Å². The van der Waals surface area contributed by atoms with Gasteiger partial charge >= 0.3 is 6.18 Å². The van der Waals surface area contributed by atoms with Gasteiger partial charge < -0.3 is 15.2 Å². The lowest BCUT2D eigenvalue weighted by atomic mass is 10.0. The van der Waals surface area contributed by atoms with E-state index in [1.165, 1.54) is 19.2 Å². The van der Waals surface area contributed by atoms with Crippen LogP contribution in [0, 0.1) is 0 Å². The Balaban J connectivity index is 0.00000324. The molecule has 0 saturated carbocycles. The van der Waals surface area contributed by atoms with E-state index in [0.717, 1.165) is 0 Å². The first-order valence-electron chi connectivity index (χ1n) is 5.50. The molecule has 0 spiro atoms. The molecule has 0 aliphatic carbocycles. The molecule has 0 unspecified atom stereocenters. The van der Waals surface area contributed by atoms with E-state index in [2.05, 4.69) is 0 Å². The number of rotatable bonds is 5. The molecule has 0 fully saturated rings. The molecule has 2 N–H and O–H groups in total. The Morgan fingerprint density at radius 3 is 2.37 bits per heavy atom. The maximum atomic E-state index is 12.2. The molecule has 0 radical (unpaired) electrons. The van der Waals surface area contributed by atoms with Gasteiger partial charge in [0.25, 0.3) is 0 Å². The van der Waals surface area contributed by atoms with Crippen LogP contribution in [0.2, 0.25) is 0 Å². The zero-order valence-electron chi connectivity index (χ0n) is 10.7. The summed E-state index contributed by atoms with van der Waals surface area (Å²) in [6.07, 6.45) is -5.35. The van der Waals surface area contributed by atoms with E-state index in [4.69, 9.17) is 15.2 Å². The predicted molar refractivity (Wildman–Crippen MR) is 69.0 cm³/mol. The molecule has 110 valence electrons. The number of benzene rings is 1. The van der Waals surface area contributed by atoms with E-state index >= 15 is 0 Å². The van der Waals surface area contributed by atoms with Gasteiger partial charge in [0, 0.05) is 6.04 Å².